The lowest BCUT2D eigenvalue weighted by atomic mass is 9.98. The minimum atomic E-state index is -3.49. The van der Waals surface area contributed by atoms with Gasteiger partial charge >= 0.3 is 0 Å². The van der Waals surface area contributed by atoms with E-state index in [1.165, 1.54) is 11.3 Å². The lowest BCUT2D eigenvalue weighted by molar-refractivity contribution is -0.129. The van der Waals surface area contributed by atoms with Gasteiger partial charge in [-0.15, -0.1) is 11.3 Å². The van der Waals surface area contributed by atoms with Crippen molar-refractivity contribution in [2.45, 2.75) is 42.9 Å². The van der Waals surface area contributed by atoms with Gasteiger partial charge in [0.25, 0.3) is 10.0 Å². The highest BCUT2D eigenvalue weighted by atomic mass is 32.2. The third kappa shape index (κ3) is 3.19. The van der Waals surface area contributed by atoms with Crippen molar-refractivity contribution >= 4 is 27.3 Å². The molecule has 0 bridgehead atoms. The van der Waals surface area contributed by atoms with Crippen LogP contribution in [0.2, 0.25) is 0 Å². The predicted molar refractivity (Wildman–Crippen MR) is 96.4 cm³/mol. The zero-order chi connectivity index (χ0) is 18.3. The third-order valence-corrected chi connectivity index (χ3v) is 8.72. The van der Waals surface area contributed by atoms with Gasteiger partial charge in [0.1, 0.15) is 10.5 Å². The van der Waals surface area contributed by atoms with Crippen molar-refractivity contribution in [2.24, 2.45) is 0 Å². The molecule has 2 aromatic heterocycles. The van der Waals surface area contributed by atoms with E-state index in [2.05, 4.69) is 4.98 Å². The molecule has 2 aromatic rings. The lowest BCUT2D eigenvalue weighted by Gasteiger charge is -2.29. The molecule has 0 atom stereocenters. The molecule has 140 valence electrons. The second-order valence-electron chi connectivity index (χ2n) is 6.75. The fourth-order valence-corrected chi connectivity index (χ4v) is 6.78. The number of carbonyl (C=O) groups is 1. The van der Waals surface area contributed by atoms with Crippen LogP contribution in [-0.4, -0.2) is 48.1 Å². The van der Waals surface area contributed by atoms with E-state index in [1.807, 2.05) is 0 Å². The van der Waals surface area contributed by atoms with E-state index in [-0.39, 0.29) is 11.8 Å². The van der Waals surface area contributed by atoms with Crippen molar-refractivity contribution in [3.63, 3.8) is 0 Å². The molecule has 9 heteroatoms. The number of amides is 1. The fraction of sp³-hybridized carbons (Fsp3) is 0.529. The number of hydrogen-bond acceptors (Lipinski definition) is 6. The van der Waals surface area contributed by atoms with E-state index >= 15 is 0 Å². The Morgan fingerprint density at radius 3 is 2.73 bits per heavy atom. The van der Waals surface area contributed by atoms with E-state index in [0.29, 0.717) is 49.1 Å². The van der Waals surface area contributed by atoms with Crippen LogP contribution in [0.25, 0.3) is 0 Å². The first-order valence-corrected chi connectivity index (χ1v) is 11.0. The monoisotopic (exact) mass is 395 g/mol. The van der Waals surface area contributed by atoms with Gasteiger partial charge in [-0.2, -0.15) is 4.31 Å². The summed E-state index contributed by atoms with van der Waals surface area (Å²) in [5, 5.41) is 0. The molecule has 2 aliphatic rings. The smallest absolute Gasteiger partial charge is 0.252 e. The minimum Gasteiger partial charge on any atom is -0.449 e. The number of aromatic nitrogens is 1. The summed E-state index contributed by atoms with van der Waals surface area (Å²) in [7, 11) is -3.49. The number of rotatable bonds is 3. The summed E-state index contributed by atoms with van der Waals surface area (Å²) in [5.41, 5.74) is 0.963. The normalized spacial score (nSPS) is 19.5. The number of oxazole rings is 1. The Morgan fingerprint density at radius 1 is 1.31 bits per heavy atom. The molecule has 0 saturated carbocycles. The van der Waals surface area contributed by atoms with Gasteiger partial charge in [-0.25, -0.2) is 13.4 Å². The van der Waals surface area contributed by atoms with Crippen molar-refractivity contribution in [3.05, 3.63) is 34.9 Å². The molecule has 1 fully saturated rings. The highest BCUT2D eigenvalue weighted by molar-refractivity contribution is 7.91. The van der Waals surface area contributed by atoms with Crippen molar-refractivity contribution < 1.29 is 17.6 Å². The summed E-state index contributed by atoms with van der Waals surface area (Å²) >= 11 is 1.35. The van der Waals surface area contributed by atoms with Crippen LogP contribution in [0.3, 0.4) is 0 Å². The zero-order valence-electron chi connectivity index (χ0n) is 14.6. The van der Waals surface area contributed by atoms with E-state index in [4.69, 9.17) is 4.42 Å². The summed E-state index contributed by atoms with van der Waals surface area (Å²) in [5.74, 6) is 0.898. The summed E-state index contributed by atoms with van der Waals surface area (Å²) < 4.78 is 33.4. The summed E-state index contributed by atoms with van der Waals surface area (Å²) in [4.78, 5) is 18.6. The maximum atomic E-state index is 13.0. The molecule has 1 amide bonds. The first kappa shape index (κ1) is 17.7. The van der Waals surface area contributed by atoms with Crippen LogP contribution in [0.1, 0.15) is 42.0 Å². The number of thiophene rings is 1. The minimum absolute atomic E-state index is 0.0277. The second kappa shape index (κ2) is 6.79. The maximum absolute atomic E-state index is 13.0. The maximum Gasteiger partial charge on any atom is 0.252 e. The Kier molecular flexibility index (Phi) is 4.62. The van der Waals surface area contributed by atoms with E-state index < -0.39 is 10.0 Å². The van der Waals surface area contributed by atoms with Gasteiger partial charge in [0.05, 0.1) is 6.20 Å². The number of sulfonamides is 1. The van der Waals surface area contributed by atoms with E-state index in [0.717, 1.165) is 16.9 Å². The Labute approximate surface area is 156 Å². The first-order valence-electron chi connectivity index (χ1n) is 8.72. The average molecular weight is 396 g/mol. The van der Waals surface area contributed by atoms with Gasteiger partial charge in [0.15, 0.2) is 5.89 Å². The molecule has 4 heterocycles. The quantitative estimate of drug-likeness (QED) is 0.796. The first-order chi connectivity index (χ1) is 12.4. The summed E-state index contributed by atoms with van der Waals surface area (Å²) in [6.07, 6.45) is 5.32. The highest BCUT2D eigenvalue weighted by Gasteiger charge is 2.33. The van der Waals surface area contributed by atoms with Gasteiger partial charge < -0.3 is 9.32 Å². The van der Waals surface area contributed by atoms with Gasteiger partial charge in [-0.3, -0.25) is 4.79 Å². The zero-order valence-corrected chi connectivity index (χ0v) is 16.2. The number of fused-ring (bicyclic) bond motifs is 1. The van der Waals surface area contributed by atoms with Crippen LogP contribution in [-0.2, 0) is 27.8 Å². The second-order valence-corrected chi connectivity index (χ2v) is 10.1. The van der Waals surface area contributed by atoms with Crippen LogP contribution >= 0.6 is 11.3 Å². The summed E-state index contributed by atoms with van der Waals surface area (Å²) in [6, 6.07) is 1.75. The number of carbonyl (C=O) groups excluding carboxylic acids is 1. The van der Waals surface area contributed by atoms with Gasteiger partial charge in [0.2, 0.25) is 5.91 Å². The molecule has 0 radical (unpaired) electrons. The van der Waals surface area contributed by atoms with Crippen LogP contribution in [0.15, 0.2) is 27.2 Å². The Bertz CT molecular complexity index is 897. The topological polar surface area (TPSA) is 83.7 Å². The molecule has 0 aliphatic carbocycles. The Balaban J connectivity index is 1.49. The van der Waals surface area contributed by atoms with Crippen LogP contribution in [0, 0.1) is 0 Å². The predicted octanol–water partition coefficient (Wildman–Crippen LogP) is 2.21. The standard InChI is InChI=1S/C17H21N3O4S2/c1-12(21)19-6-4-15-14(11-19)10-16(25-15)26(22,23)20-7-2-13(3-8-20)17-18-5-9-24-17/h5,9-10,13H,2-4,6-8,11H2,1H3. The fourth-order valence-electron chi connectivity index (χ4n) is 3.61. The van der Waals surface area contributed by atoms with Crippen LogP contribution in [0.5, 0.6) is 0 Å². The van der Waals surface area contributed by atoms with Gasteiger partial charge in [-0.1, -0.05) is 0 Å². The van der Waals surface area contributed by atoms with Crippen molar-refractivity contribution in [1.82, 2.24) is 14.2 Å². The highest BCUT2D eigenvalue weighted by Crippen LogP contribution is 2.35. The molecular weight excluding hydrogens is 374 g/mol. The Morgan fingerprint density at radius 2 is 2.08 bits per heavy atom. The molecule has 7 nitrogen and oxygen atoms in total. The van der Waals surface area contributed by atoms with Crippen LogP contribution < -0.4 is 0 Å². The van der Waals surface area contributed by atoms with Crippen molar-refractivity contribution in [1.29, 1.82) is 0 Å². The molecule has 2 aliphatic heterocycles. The van der Waals surface area contributed by atoms with Crippen molar-refractivity contribution in [2.75, 3.05) is 19.6 Å². The molecule has 0 N–H and O–H groups in total. The van der Waals surface area contributed by atoms with E-state index in [1.54, 1.807) is 34.7 Å². The van der Waals surface area contributed by atoms with Gasteiger partial charge in [-0.05, 0) is 30.9 Å². The number of nitrogens with zero attached hydrogens (tertiary/aromatic N) is 3. The van der Waals surface area contributed by atoms with Crippen LogP contribution in [0.4, 0.5) is 0 Å². The molecule has 26 heavy (non-hydrogen) atoms. The Hall–Kier alpha value is -1.71. The SMILES string of the molecule is CC(=O)N1CCc2sc(S(=O)(=O)N3CCC(c4ncco4)CC3)cc2C1. The third-order valence-electron chi connectivity index (χ3n) is 5.14. The van der Waals surface area contributed by atoms with Gasteiger partial charge in [0, 0.05) is 43.9 Å². The largest absolute Gasteiger partial charge is 0.449 e. The summed E-state index contributed by atoms with van der Waals surface area (Å²) in [6.45, 7) is 3.65. The average Bonchev–Trinajstić information content (AvgIpc) is 3.31. The molecule has 0 aromatic carbocycles. The molecule has 4 rings (SSSR count). The molecule has 1 saturated heterocycles. The molecule has 0 spiro atoms. The molecule has 0 unspecified atom stereocenters. The van der Waals surface area contributed by atoms with E-state index in [9.17, 15) is 13.2 Å². The number of hydrogen-bond donors (Lipinski definition) is 0. The molecular formula is C17H21N3O4S2. The lowest BCUT2D eigenvalue weighted by Crippen LogP contribution is -2.37. The van der Waals surface area contributed by atoms with Crippen molar-refractivity contribution in [3.8, 4) is 0 Å². The number of piperidine rings is 1.